The Morgan fingerprint density at radius 1 is 1.10 bits per heavy atom. The minimum absolute atomic E-state index is 0. The summed E-state index contributed by atoms with van der Waals surface area (Å²) in [5, 5.41) is 11.5. The van der Waals surface area contributed by atoms with Crippen LogP contribution in [-0.2, 0) is 0 Å². The van der Waals surface area contributed by atoms with E-state index in [0.29, 0.717) is 31.5 Å². The van der Waals surface area contributed by atoms with Gasteiger partial charge in [0.1, 0.15) is 5.75 Å². The number of benzene rings is 1. The van der Waals surface area contributed by atoms with Gasteiger partial charge in [0, 0.05) is 37.6 Å². The number of likely N-dealkylation sites (N-methyl/N-ethyl adjacent to an activating group) is 1. The number of hydrogen-bond acceptors (Lipinski definition) is 4. The maximum atomic E-state index is 12.7. The van der Waals surface area contributed by atoms with Crippen LogP contribution in [0.25, 0.3) is 0 Å². The van der Waals surface area contributed by atoms with E-state index in [-0.39, 0.29) is 36.5 Å². The predicted octanol–water partition coefficient (Wildman–Crippen LogP) is 5.23. The van der Waals surface area contributed by atoms with Crippen LogP contribution in [0.1, 0.15) is 57.4 Å². The van der Waals surface area contributed by atoms with Gasteiger partial charge < -0.3 is 9.84 Å². The molecule has 0 amide bonds. The van der Waals surface area contributed by atoms with Gasteiger partial charge in [0.25, 0.3) is 0 Å². The van der Waals surface area contributed by atoms with Crippen LogP contribution in [0.4, 0.5) is 13.2 Å². The van der Waals surface area contributed by atoms with Crippen LogP contribution in [0.15, 0.2) is 24.3 Å². The first-order valence-electron chi connectivity index (χ1n) is 10.6. The second-order valence-corrected chi connectivity index (χ2v) is 8.92. The number of hydrogen-bond donors (Lipinski definition) is 1. The first-order valence-corrected chi connectivity index (χ1v) is 10.6. The molecule has 0 bridgehead atoms. The molecule has 1 N–H and O–H groups in total. The zero-order valence-electron chi connectivity index (χ0n) is 18.4. The summed E-state index contributed by atoms with van der Waals surface area (Å²) in [6, 6.07) is 6.96. The summed E-state index contributed by atoms with van der Waals surface area (Å²) < 4.78 is 42.3. The molecule has 2 fully saturated rings. The van der Waals surface area contributed by atoms with Crippen molar-refractivity contribution in [3.8, 4) is 5.75 Å². The second kappa shape index (κ2) is 11.4. The quantitative estimate of drug-likeness (QED) is 0.617. The van der Waals surface area contributed by atoms with Gasteiger partial charge >= 0.3 is 6.36 Å². The molecule has 0 aromatic heterocycles. The summed E-state index contributed by atoms with van der Waals surface area (Å²) in [6.07, 6.45) is -0.378. The number of halogens is 5. The summed E-state index contributed by atoms with van der Waals surface area (Å²) >= 11 is 0. The highest BCUT2D eigenvalue weighted by Crippen LogP contribution is 2.42. The smallest absolute Gasteiger partial charge is 0.406 e. The van der Waals surface area contributed by atoms with Crippen molar-refractivity contribution in [2.75, 3.05) is 26.7 Å². The van der Waals surface area contributed by atoms with Crippen LogP contribution < -0.4 is 4.74 Å². The number of nitrogens with zero attached hydrogens (tertiary/aromatic N) is 2. The normalized spacial score (nSPS) is 25.8. The van der Waals surface area contributed by atoms with Crippen molar-refractivity contribution in [3.05, 3.63) is 29.8 Å². The Morgan fingerprint density at radius 3 is 2.23 bits per heavy atom. The molecule has 31 heavy (non-hydrogen) atoms. The van der Waals surface area contributed by atoms with E-state index in [1.807, 2.05) is 6.07 Å². The van der Waals surface area contributed by atoms with Crippen molar-refractivity contribution < 1.29 is 23.0 Å². The van der Waals surface area contributed by atoms with Gasteiger partial charge in [-0.2, -0.15) is 0 Å². The monoisotopic (exact) mass is 486 g/mol. The largest absolute Gasteiger partial charge is 0.573 e. The van der Waals surface area contributed by atoms with Crippen LogP contribution in [0.5, 0.6) is 5.75 Å². The number of ether oxygens (including phenoxy) is 1. The molecule has 1 aliphatic carbocycles. The van der Waals surface area contributed by atoms with Gasteiger partial charge in [0.15, 0.2) is 0 Å². The highest BCUT2D eigenvalue weighted by atomic mass is 35.5. The van der Waals surface area contributed by atoms with Gasteiger partial charge in [-0.05, 0) is 51.4 Å². The van der Waals surface area contributed by atoms with Gasteiger partial charge in [-0.3, -0.25) is 9.80 Å². The molecule has 2 aliphatic rings. The Kier molecular flexibility index (Phi) is 10.4. The summed E-state index contributed by atoms with van der Waals surface area (Å²) in [4.78, 5) is 4.70. The van der Waals surface area contributed by atoms with Crippen molar-refractivity contribution in [3.63, 3.8) is 0 Å². The second-order valence-electron chi connectivity index (χ2n) is 8.92. The van der Waals surface area contributed by atoms with Crippen molar-refractivity contribution in [1.82, 2.24) is 9.80 Å². The molecule has 180 valence electrons. The lowest BCUT2D eigenvalue weighted by atomic mass is 9.72. The van der Waals surface area contributed by atoms with Gasteiger partial charge in [-0.25, -0.2) is 0 Å². The molecule has 1 aliphatic heterocycles. The minimum Gasteiger partial charge on any atom is -0.406 e. The average molecular weight is 487 g/mol. The summed E-state index contributed by atoms with van der Waals surface area (Å²) in [5.74, 6) is -0.470. The van der Waals surface area contributed by atoms with Crippen LogP contribution in [-0.4, -0.2) is 65.6 Å². The van der Waals surface area contributed by atoms with Crippen molar-refractivity contribution in [2.24, 2.45) is 0 Å². The van der Waals surface area contributed by atoms with Crippen LogP contribution in [0.3, 0.4) is 0 Å². The Morgan fingerprint density at radius 2 is 1.68 bits per heavy atom. The van der Waals surface area contributed by atoms with Crippen LogP contribution in [0, 0.1) is 0 Å². The van der Waals surface area contributed by atoms with E-state index in [4.69, 9.17) is 0 Å². The molecule has 1 aromatic carbocycles. The van der Waals surface area contributed by atoms with Crippen molar-refractivity contribution in [2.45, 2.75) is 75.9 Å². The molecule has 1 aromatic rings. The van der Waals surface area contributed by atoms with Gasteiger partial charge in [0.2, 0.25) is 0 Å². The Labute approximate surface area is 195 Å². The molecule has 1 unspecified atom stereocenters. The van der Waals surface area contributed by atoms with Crippen molar-refractivity contribution in [1.29, 1.82) is 0 Å². The lowest BCUT2D eigenvalue weighted by Crippen LogP contribution is -2.57. The third kappa shape index (κ3) is 7.39. The van der Waals surface area contributed by atoms with E-state index in [9.17, 15) is 18.3 Å². The van der Waals surface area contributed by atoms with E-state index in [0.717, 1.165) is 37.9 Å². The lowest BCUT2D eigenvalue weighted by molar-refractivity contribution is -0.274. The third-order valence-corrected chi connectivity index (χ3v) is 6.74. The molecular weight excluding hydrogens is 452 g/mol. The van der Waals surface area contributed by atoms with E-state index in [2.05, 4.69) is 35.4 Å². The zero-order chi connectivity index (χ0) is 21.2. The Hall–Kier alpha value is -0.730. The molecule has 1 saturated heterocycles. The van der Waals surface area contributed by atoms with E-state index in [1.54, 1.807) is 6.07 Å². The summed E-state index contributed by atoms with van der Waals surface area (Å²) in [5.41, 5.74) is -0.180. The zero-order valence-corrected chi connectivity index (χ0v) is 20.0. The number of alkyl halides is 3. The molecule has 1 saturated carbocycles. The Bertz CT molecular complexity index is 675. The maximum absolute atomic E-state index is 12.7. The highest BCUT2D eigenvalue weighted by Gasteiger charge is 2.41. The van der Waals surface area contributed by atoms with Gasteiger partial charge in [0.05, 0.1) is 5.60 Å². The topological polar surface area (TPSA) is 35.9 Å². The van der Waals surface area contributed by atoms with Crippen LogP contribution >= 0.6 is 24.8 Å². The molecule has 4 nitrogen and oxygen atoms in total. The number of rotatable bonds is 5. The minimum atomic E-state index is -4.72. The molecular formula is C22H35Cl2F3N2O2. The molecule has 3 atom stereocenters. The Balaban J connectivity index is 0.00000240. The van der Waals surface area contributed by atoms with Gasteiger partial charge in [-0.15, -0.1) is 38.0 Å². The van der Waals surface area contributed by atoms with Crippen LogP contribution in [0.2, 0.25) is 0 Å². The van der Waals surface area contributed by atoms with Gasteiger partial charge in [-0.1, -0.05) is 31.4 Å². The van der Waals surface area contributed by atoms with E-state index < -0.39 is 12.0 Å². The first kappa shape index (κ1) is 28.3. The summed E-state index contributed by atoms with van der Waals surface area (Å²) in [7, 11) is 2.12. The maximum Gasteiger partial charge on any atom is 0.573 e. The lowest BCUT2D eigenvalue weighted by Gasteiger charge is -2.46. The standard InChI is InChI=1S/C22H33F3N2O2.2ClH/c1-16-13-27(14-17(2)26(16)3)15-20(21(28)10-5-4-6-11-21)18-8-7-9-19(12-18)29-22(23,24)25;;/h7-9,12,16-17,20,28H,4-6,10-11,13-15H2,1-3H3;2*1H/t16-,17+,20?;;. The number of piperazine rings is 1. The van der Waals surface area contributed by atoms with Crippen molar-refractivity contribution >= 4 is 24.8 Å². The fourth-order valence-electron chi connectivity index (χ4n) is 4.95. The van der Waals surface area contributed by atoms with E-state index in [1.165, 1.54) is 12.1 Å². The summed E-state index contributed by atoms with van der Waals surface area (Å²) in [6.45, 7) is 6.77. The molecule has 3 rings (SSSR count). The highest BCUT2D eigenvalue weighted by molar-refractivity contribution is 5.85. The first-order chi connectivity index (χ1) is 13.6. The molecule has 0 spiro atoms. The number of aliphatic hydroxyl groups is 1. The third-order valence-electron chi connectivity index (χ3n) is 6.74. The molecule has 9 heteroatoms. The molecule has 1 heterocycles. The molecule has 0 radical (unpaired) electrons. The van der Waals surface area contributed by atoms with E-state index >= 15 is 0 Å². The predicted molar refractivity (Wildman–Crippen MR) is 122 cm³/mol. The fourth-order valence-corrected chi connectivity index (χ4v) is 4.95. The SMILES string of the molecule is C[C@@H]1CN(CC(c2cccc(OC(F)(F)F)c2)C2(O)CCCCC2)C[C@H](C)N1C.Cl.Cl. The fraction of sp³-hybridized carbons (Fsp3) is 0.727. The average Bonchev–Trinajstić information content (AvgIpc) is 2.63.